The van der Waals surface area contributed by atoms with Gasteiger partial charge in [0.2, 0.25) is 0 Å². The number of carboxylic acids is 1. The molecule has 1 N–H and O–H groups in total. The third-order valence-electron chi connectivity index (χ3n) is 4.81. The van der Waals surface area contributed by atoms with Crippen molar-refractivity contribution in [1.29, 1.82) is 0 Å². The van der Waals surface area contributed by atoms with Crippen LogP contribution in [0.3, 0.4) is 0 Å². The summed E-state index contributed by atoms with van der Waals surface area (Å²) in [5, 5.41) is 10.2. The van der Waals surface area contributed by atoms with Gasteiger partial charge in [-0.3, -0.25) is 4.98 Å². The summed E-state index contributed by atoms with van der Waals surface area (Å²) in [4.78, 5) is 15.9. The van der Waals surface area contributed by atoms with Gasteiger partial charge in [0, 0.05) is 24.6 Å². The van der Waals surface area contributed by atoms with Crippen molar-refractivity contribution in [2.24, 2.45) is 0 Å². The van der Waals surface area contributed by atoms with E-state index in [1.54, 1.807) is 20.2 Å². The minimum atomic E-state index is -0.980. The molecule has 0 fully saturated rings. The number of rotatable bonds is 11. The van der Waals surface area contributed by atoms with Crippen LogP contribution in [-0.4, -0.2) is 42.0 Å². The summed E-state index contributed by atoms with van der Waals surface area (Å²) in [6.07, 6.45) is 1.10. The lowest BCUT2D eigenvalue weighted by Crippen LogP contribution is -2.26. The molecule has 32 heavy (non-hydrogen) atoms. The van der Waals surface area contributed by atoms with Crippen LogP contribution in [0.5, 0.6) is 17.2 Å². The number of methoxy groups -OCH3 is 1. The molecule has 0 amide bonds. The van der Waals surface area contributed by atoms with E-state index in [4.69, 9.17) is 18.9 Å². The van der Waals surface area contributed by atoms with Crippen LogP contribution in [0.25, 0.3) is 10.9 Å². The number of carbonyl (C=O) groups is 1. The first-order valence-corrected chi connectivity index (χ1v) is 10.6. The topological polar surface area (TPSA) is 87.1 Å². The Labute approximate surface area is 187 Å². The van der Waals surface area contributed by atoms with Crippen molar-refractivity contribution in [3.05, 3.63) is 59.8 Å². The van der Waals surface area contributed by atoms with Crippen molar-refractivity contribution < 1.29 is 28.8 Å². The molecule has 0 radical (unpaired) electrons. The molecule has 0 saturated heterocycles. The third kappa shape index (κ3) is 5.88. The number of carboxylic acid groups (broad SMARTS) is 1. The Morgan fingerprint density at radius 2 is 1.94 bits per heavy atom. The van der Waals surface area contributed by atoms with E-state index in [2.05, 4.69) is 4.98 Å². The van der Waals surface area contributed by atoms with Crippen LogP contribution in [0.15, 0.2) is 48.7 Å². The van der Waals surface area contributed by atoms with Crippen LogP contribution in [-0.2, 0) is 22.6 Å². The maximum Gasteiger partial charge on any atom is 0.333 e. The molecule has 0 bridgehead atoms. The summed E-state index contributed by atoms with van der Waals surface area (Å²) in [6, 6.07) is 13.0. The average molecular weight is 440 g/mol. The fourth-order valence-electron chi connectivity index (χ4n) is 3.35. The summed E-state index contributed by atoms with van der Waals surface area (Å²) >= 11 is 0. The molecule has 1 unspecified atom stereocenters. The first-order valence-electron chi connectivity index (χ1n) is 10.6. The molecule has 1 heterocycles. The number of hydrogen-bond donors (Lipinski definition) is 1. The molecule has 1 aromatic heterocycles. The van der Waals surface area contributed by atoms with Crippen LogP contribution in [0, 0.1) is 0 Å². The largest absolute Gasteiger partial charge is 0.497 e. The standard InChI is InChI=1S/C25H29NO6/c1-5-30-23(25(27)28)12-17-7-6-8-20(11-17)31-15-18-14-26-22-10-9-19(29-4)13-21(22)24(18)32-16(2)3/h6-11,13-14,16,23H,5,12,15H2,1-4H3,(H,27,28). The lowest BCUT2D eigenvalue weighted by molar-refractivity contribution is -0.149. The van der Waals surface area contributed by atoms with Gasteiger partial charge in [-0.2, -0.15) is 0 Å². The van der Waals surface area contributed by atoms with E-state index >= 15 is 0 Å². The number of benzene rings is 2. The molecule has 170 valence electrons. The van der Waals surface area contributed by atoms with E-state index in [-0.39, 0.29) is 19.1 Å². The van der Waals surface area contributed by atoms with Gasteiger partial charge >= 0.3 is 5.97 Å². The highest BCUT2D eigenvalue weighted by atomic mass is 16.5. The summed E-state index contributed by atoms with van der Waals surface area (Å²) < 4.78 is 22.8. The van der Waals surface area contributed by atoms with E-state index in [0.717, 1.165) is 27.8 Å². The molecule has 3 aromatic rings. The molecular weight excluding hydrogens is 410 g/mol. The molecule has 0 aliphatic heterocycles. The minimum absolute atomic E-state index is 0.0274. The Balaban J connectivity index is 1.83. The zero-order valence-corrected chi connectivity index (χ0v) is 18.8. The maximum absolute atomic E-state index is 11.4. The number of nitrogens with zero attached hydrogens (tertiary/aromatic N) is 1. The third-order valence-corrected chi connectivity index (χ3v) is 4.81. The number of aliphatic carboxylic acids is 1. The van der Waals surface area contributed by atoms with Gasteiger partial charge < -0.3 is 24.1 Å². The van der Waals surface area contributed by atoms with Gasteiger partial charge in [0.25, 0.3) is 0 Å². The zero-order valence-electron chi connectivity index (χ0n) is 18.8. The number of pyridine rings is 1. The first-order chi connectivity index (χ1) is 15.4. The molecule has 7 nitrogen and oxygen atoms in total. The van der Waals surface area contributed by atoms with E-state index in [1.165, 1.54) is 0 Å². The predicted molar refractivity (Wildman–Crippen MR) is 122 cm³/mol. The second-order valence-corrected chi connectivity index (χ2v) is 7.58. The van der Waals surface area contributed by atoms with Crippen molar-refractivity contribution in [1.82, 2.24) is 4.98 Å². The highest BCUT2D eigenvalue weighted by Gasteiger charge is 2.18. The van der Waals surface area contributed by atoms with E-state index < -0.39 is 12.1 Å². The molecule has 2 aromatic carbocycles. The number of fused-ring (bicyclic) bond motifs is 1. The fourth-order valence-corrected chi connectivity index (χ4v) is 3.35. The van der Waals surface area contributed by atoms with E-state index in [9.17, 15) is 9.90 Å². The minimum Gasteiger partial charge on any atom is -0.497 e. The van der Waals surface area contributed by atoms with Gasteiger partial charge in [0.1, 0.15) is 23.9 Å². The molecule has 0 saturated carbocycles. The van der Waals surface area contributed by atoms with Crippen molar-refractivity contribution in [2.75, 3.05) is 13.7 Å². The summed E-state index contributed by atoms with van der Waals surface area (Å²) in [5.74, 6) is 1.08. The van der Waals surface area contributed by atoms with Gasteiger partial charge in [-0.15, -0.1) is 0 Å². The van der Waals surface area contributed by atoms with Crippen molar-refractivity contribution in [2.45, 2.75) is 46.0 Å². The Bertz CT molecular complexity index is 1070. The monoisotopic (exact) mass is 439 g/mol. The smallest absolute Gasteiger partial charge is 0.333 e. The van der Waals surface area contributed by atoms with Crippen molar-refractivity contribution in [3.63, 3.8) is 0 Å². The molecule has 1 atom stereocenters. The molecular formula is C25H29NO6. The zero-order chi connectivity index (χ0) is 23.1. The number of hydrogen-bond acceptors (Lipinski definition) is 6. The molecule has 7 heteroatoms. The number of ether oxygens (including phenoxy) is 4. The van der Waals surface area contributed by atoms with Crippen molar-refractivity contribution in [3.8, 4) is 17.2 Å². The fraction of sp³-hybridized carbons (Fsp3) is 0.360. The molecule has 0 aliphatic rings. The van der Waals surface area contributed by atoms with Crippen LogP contribution in [0.2, 0.25) is 0 Å². The molecule has 3 rings (SSSR count). The SMILES string of the molecule is CCOC(Cc1cccc(OCc2cnc3ccc(OC)cc3c2OC(C)C)c1)C(=O)O. The van der Waals surface area contributed by atoms with Crippen LogP contribution in [0.4, 0.5) is 0 Å². The number of aromatic nitrogens is 1. The van der Waals surface area contributed by atoms with Crippen LogP contribution >= 0.6 is 0 Å². The highest BCUT2D eigenvalue weighted by molar-refractivity contribution is 5.87. The maximum atomic E-state index is 11.4. The van der Waals surface area contributed by atoms with Gasteiger partial charge in [-0.05, 0) is 56.7 Å². The molecule has 0 aliphatic carbocycles. The molecule has 0 spiro atoms. The predicted octanol–water partition coefficient (Wildman–Crippen LogP) is 4.64. The van der Waals surface area contributed by atoms with Gasteiger partial charge in [0.05, 0.1) is 24.3 Å². The quantitative estimate of drug-likeness (QED) is 0.466. The summed E-state index contributed by atoms with van der Waals surface area (Å²) in [5.41, 5.74) is 2.44. The van der Waals surface area contributed by atoms with Gasteiger partial charge in [0.15, 0.2) is 6.10 Å². The normalized spacial score (nSPS) is 12.0. The van der Waals surface area contributed by atoms with E-state index in [1.807, 2.05) is 56.3 Å². The Hall–Kier alpha value is -3.32. The lowest BCUT2D eigenvalue weighted by atomic mass is 10.1. The van der Waals surface area contributed by atoms with Crippen LogP contribution < -0.4 is 14.2 Å². The highest BCUT2D eigenvalue weighted by Crippen LogP contribution is 2.33. The Morgan fingerprint density at radius 1 is 1.12 bits per heavy atom. The average Bonchev–Trinajstić information content (AvgIpc) is 2.77. The Morgan fingerprint density at radius 3 is 2.62 bits per heavy atom. The van der Waals surface area contributed by atoms with Crippen molar-refractivity contribution >= 4 is 16.9 Å². The lowest BCUT2D eigenvalue weighted by Gasteiger charge is -2.18. The van der Waals surface area contributed by atoms with Gasteiger partial charge in [-0.1, -0.05) is 12.1 Å². The first kappa shape index (κ1) is 23.3. The second kappa shape index (κ2) is 10.8. The summed E-state index contributed by atoms with van der Waals surface area (Å²) in [7, 11) is 1.62. The Kier molecular flexibility index (Phi) is 7.89. The summed E-state index contributed by atoms with van der Waals surface area (Å²) in [6.45, 7) is 6.31. The van der Waals surface area contributed by atoms with E-state index in [0.29, 0.717) is 18.1 Å². The second-order valence-electron chi connectivity index (χ2n) is 7.58. The van der Waals surface area contributed by atoms with Gasteiger partial charge in [-0.25, -0.2) is 4.79 Å². The van der Waals surface area contributed by atoms with Crippen LogP contribution in [0.1, 0.15) is 31.9 Å².